The second kappa shape index (κ2) is 10.1. The number of aliphatic hydroxyl groups excluding tert-OH is 2. The average Bonchev–Trinajstić information content (AvgIpc) is 3.32. The molecule has 1 aliphatic rings. The summed E-state index contributed by atoms with van der Waals surface area (Å²) in [5.41, 5.74) is 6.47. The molecule has 2 aromatic heterocycles. The second-order valence-corrected chi connectivity index (χ2v) is 6.54. The van der Waals surface area contributed by atoms with Gasteiger partial charge in [0.2, 0.25) is 5.91 Å². The fraction of sp³-hybridized carbons (Fsp3) is 0.556. The van der Waals surface area contributed by atoms with E-state index in [4.69, 9.17) is 10.5 Å². The number of hydrogen-bond donors (Lipinski definition) is 5. The molecule has 3 rings (SSSR count). The number of nitrogens with one attached hydrogen (secondary N) is 2. The molecule has 1 saturated heterocycles. The van der Waals surface area contributed by atoms with Gasteiger partial charge in [-0.05, 0) is 13.0 Å². The second-order valence-electron chi connectivity index (χ2n) is 6.54. The summed E-state index contributed by atoms with van der Waals surface area (Å²) < 4.78 is 7.37. The van der Waals surface area contributed by atoms with Crippen LogP contribution in [0.15, 0.2) is 12.7 Å². The van der Waals surface area contributed by atoms with Crippen LogP contribution < -0.4 is 16.4 Å². The Morgan fingerprint density at radius 1 is 1.34 bits per heavy atom. The highest BCUT2D eigenvalue weighted by Crippen LogP contribution is 2.31. The minimum absolute atomic E-state index is 0.0663. The minimum Gasteiger partial charge on any atom is -0.394 e. The first-order chi connectivity index (χ1) is 14.1. The van der Waals surface area contributed by atoms with E-state index >= 15 is 0 Å². The number of hydrogen-bond acceptors (Lipinski definition) is 9. The van der Waals surface area contributed by atoms with Crippen LogP contribution in [0.3, 0.4) is 0 Å². The van der Waals surface area contributed by atoms with Gasteiger partial charge in [0.05, 0.1) is 32.1 Å². The highest BCUT2D eigenvalue weighted by Gasteiger charge is 2.35. The maximum absolute atomic E-state index is 11.5. The number of anilines is 1. The molecule has 0 aromatic carbocycles. The quantitative estimate of drug-likeness (QED) is 0.339. The molecule has 6 N–H and O–H groups in total. The van der Waals surface area contributed by atoms with Crippen LogP contribution in [-0.4, -0.2) is 74.1 Å². The number of nitrogens with two attached hydrogens (primary N) is 1. The third-order valence-corrected chi connectivity index (χ3v) is 4.50. The van der Waals surface area contributed by atoms with Gasteiger partial charge >= 0.3 is 0 Å². The molecule has 29 heavy (non-hydrogen) atoms. The maximum Gasteiger partial charge on any atom is 0.220 e. The molecule has 1 amide bonds. The van der Waals surface area contributed by atoms with E-state index in [0.717, 1.165) is 0 Å². The summed E-state index contributed by atoms with van der Waals surface area (Å²) in [5.74, 6) is 6.23. The van der Waals surface area contributed by atoms with Crippen molar-refractivity contribution in [1.29, 1.82) is 0 Å². The van der Waals surface area contributed by atoms with E-state index < -0.39 is 18.4 Å². The van der Waals surface area contributed by atoms with Gasteiger partial charge in [0.15, 0.2) is 17.0 Å². The molecule has 11 heteroatoms. The zero-order valence-corrected chi connectivity index (χ0v) is 15.9. The Morgan fingerprint density at radius 2 is 2.17 bits per heavy atom. The number of imidazole rings is 1. The summed E-state index contributed by atoms with van der Waals surface area (Å²) in [7, 11) is 0. The highest BCUT2D eigenvalue weighted by atomic mass is 16.5. The predicted molar refractivity (Wildman–Crippen MR) is 105 cm³/mol. The number of carbonyl (C=O) groups is 1. The van der Waals surface area contributed by atoms with Gasteiger partial charge in [-0.1, -0.05) is 11.8 Å². The molecule has 1 fully saturated rings. The van der Waals surface area contributed by atoms with Crippen LogP contribution in [0.2, 0.25) is 0 Å². The van der Waals surface area contributed by atoms with Crippen LogP contribution in [0, 0.1) is 11.8 Å². The highest BCUT2D eigenvalue weighted by molar-refractivity contribution is 5.82. The number of nitrogens with zero attached hydrogens (tertiary/aromatic N) is 4. The summed E-state index contributed by atoms with van der Waals surface area (Å²) in [5, 5.41) is 25.0. The molecular formula is C18H25N7O4. The number of amides is 1. The van der Waals surface area contributed by atoms with Gasteiger partial charge in [-0.2, -0.15) is 0 Å². The number of carbonyl (C=O) groups excluding carboxylic acids is 1. The van der Waals surface area contributed by atoms with Gasteiger partial charge in [-0.15, -0.1) is 0 Å². The molecule has 1 aliphatic heterocycles. The number of rotatable bonds is 8. The zero-order chi connectivity index (χ0) is 20.6. The number of aliphatic hydroxyl groups is 2. The molecule has 156 valence electrons. The number of fused-ring (bicyclic) bond motifs is 1. The first-order valence-electron chi connectivity index (χ1n) is 9.42. The smallest absolute Gasteiger partial charge is 0.220 e. The van der Waals surface area contributed by atoms with E-state index in [1.807, 2.05) is 0 Å². The van der Waals surface area contributed by atoms with E-state index in [2.05, 4.69) is 37.4 Å². The molecular weight excluding hydrogens is 378 g/mol. The van der Waals surface area contributed by atoms with Crippen molar-refractivity contribution < 1.29 is 19.7 Å². The van der Waals surface area contributed by atoms with Crippen LogP contribution >= 0.6 is 0 Å². The summed E-state index contributed by atoms with van der Waals surface area (Å²) in [6.45, 7) is 0.828. The molecule has 0 spiro atoms. The lowest BCUT2D eigenvalue weighted by Gasteiger charge is -2.13. The van der Waals surface area contributed by atoms with Gasteiger partial charge < -0.3 is 31.3 Å². The Bertz CT molecular complexity index is 891. The van der Waals surface area contributed by atoms with Crippen LogP contribution in [0.25, 0.3) is 11.2 Å². The predicted octanol–water partition coefficient (Wildman–Crippen LogP) is -1.26. The lowest BCUT2D eigenvalue weighted by molar-refractivity contribution is -0.120. The summed E-state index contributed by atoms with van der Waals surface area (Å²) in [4.78, 5) is 24.2. The Morgan fingerprint density at radius 3 is 2.93 bits per heavy atom. The first kappa shape index (κ1) is 20.9. The standard InChI is InChI=1S/C18H25N7O4/c19-5-3-4-14(28)20-6-1-2-7-21-17-16-18(23-10-22-17)25(11-24-16)15-8-12(27)13(9-26)29-15/h10-13,15,26-27H,3-9,19H2,(H,20,28)(H,21,22,23)/t12?,13-,15-/m1/s1. The molecule has 0 bridgehead atoms. The van der Waals surface area contributed by atoms with E-state index in [1.165, 1.54) is 6.33 Å². The number of aromatic nitrogens is 4. The van der Waals surface area contributed by atoms with Crippen molar-refractivity contribution in [3.8, 4) is 11.8 Å². The van der Waals surface area contributed by atoms with Crippen molar-refractivity contribution in [1.82, 2.24) is 24.8 Å². The molecule has 0 radical (unpaired) electrons. The van der Waals surface area contributed by atoms with Crippen molar-refractivity contribution in [2.75, 3.05) is 31.6 Å². The molecule has 1 unspecified atom stereocenters. The Hall–Kier alpha value is -2.78. The van der Waals surface area contributed by atoms with Crippen LogP contribution in [0.5, 0.6) is 0 Å². The van der Waals surface area contributed by atoms with Crippen LogP contribution in [0.1, 0.15) is 25.5 Å². The molecule has 2 aromatic rings. The Kier molecular flexibility index (Phi) is 7.31. The molecule has 11 nitrogen and oxygen atoms in total. The first-order valence-corrected chi connectivity index (χ1v) is 9.42. The third kappa shape index (κ3) is 5.18. The van der Waals surface area contributed by atoms with Crippen LogP contribution in [0.4, 0.5) is 5.82 Å². The summed E-state index contributed by atoms with van der Waals surface area (Å²) in [6.07, 6.45) is 2.55. The van der Waals surface area contributed by atoms with Gasteiger partial charge in [0.1, 0.15) is 18.7 Å². The molecule has 3 heterocycles. The third-order valence-electron chi connectivity index (χ3n) is 4.50. The molecule has 0 saturated carbocycles. The minimum atomic E-state index is -0.743. The van der Waals surface area contributed by atoms with E-state index in [0.29, 0.717) is 49.3 Å². The normalized spacial score (nSPS) is 21.0. The van der Waals surface area contributed by atoms with Crippen molar-refractivity contribution in [3.63, 3.8) is 0 Å². The fourth-order valence-corrected chi connectivity index (χ4v) is 2.99. The van der Waals surface area contributed by atoms with E-state index in [9.17, 15) is 15.0 Å². The molecule has 3 atom stereocenters. The monoisotopic (exact) mass is 403 g/mol. The Balaban J connectivity index is 1.57. The van der Waals surface area contributed by atoms with Crippen molar-refractivity contribution in [3.05, 3.63) is 12.7 Å². The van der Waals surface area contributed by atoms with Crippen LogP contribution in [-0.2, 0) is 9.53 Å². The maximum atomic E-state index is 11.5. The Labute approximate surface area is 167 Å². The molecule has 0 aliphatic carbocycles. The van der Waals surface area contributed by atoms with Crippen molar-refractivity contribution in [2.24, 2.45) is 5.73 Å². The SMILES string of the molecule is NCCCC(=O)NCC#CCNc1ncnc2c1ncn2[C@H]1CC(O)[C@@H](CO)O1. The lowest BCUT2D eigenvalue weighted by Crippen LogP contribution is -2.24. The van der Waals surface area contributed by atoms with Crippen molar-refractivity contribution >= 4 is 22.9 Å². The zero-order valence-electron chi connectivity index (χ0n) is 15.9. The van der Waals surface area contributed by atoms with Gasteiger partial charge in [0, 0.05) is 12.8 Å². The van der Waals surface area contributed by atoms with E-state index in [1.54, 1.807) is 10.9 Å². The number of ether oxygens (including phenoxy) is 1. The summed E-state index contributed by atoms with van der Waals surface area (Å²) in [6, 6.07) is 0. The largest absolute Gasteiger partial charge is 0.394 e. The topological polar surface area (TPSA) is 160 Å². The van der Waals surface area contributed by atoms with Gasteiger partial charge in [-0.3, -0.25) is 9.36 Å². The summed E-state index contributed by atoms with van der Waals surface area (Å²) >= 11 is 0. The van der Waals surface area contributed by atoms with Gasteiger partial charge in [-0.25, -0.2) is 15.0 Å². The van der Waals surface area contributed by atoms with Crippen molar-refractivity contribution in [2.45, 2.75) is 37.7 Å². The average molecular weight is 403 g/mol. The lowest BCUT2D eigenvalue weighted by atomic mass is 10.2. The fourth-order valence-electron chi connectivity index (χ4n) is 2.99. The van der Waals surface area contributed by atoms with Gasteiger partial charge in [0.25, 0.3) is 0 Å². The van der Waals surface area contributed by atoms with E-state index in [-0.39, 0.29) is 19.1 Å².